The van der Waals surface area contributed by atoms with Crippen molar-refractivity contribution in [1.29, 1.82) is 5.26 Å². The van der Waals surface area contributed by atoms with Gasteiger partial charge in [-0.3, -0.25) is 4.79 Å². The third-order valence-electron chi connectivity index (χ3n) is 3.05. The maximum absolute atomic E-state index is 12.3. The van der Waals surface area contributed by atoms with Crippen molar-refractivity contribution in [3.8, 4) is 6.07 Å². The number of ether oxygens (including phenoxy) is 1. The van der Waals surface area contributed by atoms with Crippen molar-refractivity contribution >= 4 is 5.91 Å². The van der Waals surface area contributed by atoms with Crippen LogP contribution in [0.2, 0.25) is 0 Å². The van der Waals surface area contributed by atoms with E-state index in [0.717, 1.165) is 12.8 Å². The van der Waals surface area contributed by atoms with Gasteiger partial charge in [-0.15, -0.1) is 0 Å². The Morgan fingerprint density at radius 1 is 1.44 bits per heavy atom. The molecule has 0 aromatic heterocycles. The number of nitriles is 1. The fourth-order valence-corrected chi connectivity index (χ4v) is 1.88. The van der Waals surface area contributed by atoms with Crippen molar-refractivity contribution in [3.63, 3.8) is 0 Å². The van der Waals surface area contributed by atoms with Crippen LogP contribution in [-0.4, -0.2) is 37.1 Å². The Morgan fingerprint density at radius 3 is 2.61 bits per heavy atom. The molecule has 0 radical (unpaired) electrons. The largest absolute Gasteiger partial charge is 0.383 e. The minimum absolute atomic E-state index is 0.0269. The van der Waals surface area contributed by atoms with Crippen LogP contribution >= 0.6 is 0 Å². The molecule has 0 unspecified atom stereocenters. The summed E-state index contributed by atoms with van der Waals surface area (Å²) < 4.78 is 5.04. The number of hydrogen-bond acceptors (Lipinski definition) is 3. The molecule has 94 valence electrons. The van der Waals surface area contributed by atoms with E-state index < -0.39 is 0 Å². The molecule has 1 saturated carbocycles. The summed E-state index contributed by atoms with van der Waals surface area (Å²) in [4.78, 5) is 14.2. The maximum atomic E-state index is 12.3. The number of carbonyl (C=O) groups is 1. The molecule has 1 fully saturated rings. The second-order valence-electron chi connectivity index (χ2n) is 4.41. The van der Waals surface area contributed by atoms with Crippen LogP contribution in [-0.2, 0) is 4.74 Å². The SMILES string of the molecule is COCCN(C(=O)c1ccc(C#N)cc1)C1CC1. The molecule has 1 aromatic carbocycles. The first-order chi connectivity index (χ1) is 8.76. The number of carbonyl (C=O) groups excluding carboxylic acids is 1. The standard InChI is InChI=1S/C14H16N2O2/c1-18-9-8-16(13-6-7-13)14(17)12-4-2-11(10-15)3-5-12/h2-5,13H,6-9H2,1H3. The van der Waals surface area contributed by atoms with E-state index in [0.29, 0.717) is 30.3 Å². The average molecular weight is 244 g/mol. The summed E-state index contributed by atoms with van der Waals surface area (Å²) in [5.74, 6) is 0.0269. The lowest BCUT2D eigenvalue weighted by molar-refractivity contribution is 0.0680. The summed E-state index contributed by atoms with van der Waals surface area (Å²) in [5.41, 5.74) is 1.21. The van der Waals surface area contributed by atoms with Crippen LogP contribution in [0.25, 0.3) is 0 Å². The first kappa shape index (κ1) is 12.6. The van der Waals surface area contributed by atoms with E-state index in [9.17, 15) is 4.79 Å². The molecule has 1 aliphatic carbocycles. The van der Waals surface area contributed by atoms with Crippen molar-refractivity contribution in [2.24, 2.45) is 0 Å². The minimum Gasteiger partial charge on any atom is -0.383 e. The molecule has 0 saturated heterocycles. The lowest BCUT2D eigenvalue weighted by Gasteiger charge is -2.22. The minimum atomic E-state index is 0.0269. The van der Waals surface area contributed by atoms with Gasteiger partial charge in [0, 0.05) is 25.3 Å². The average Bonchev–Trinajstić information content (AvgIpc) is 3.24. The van der Waals surface area contributed by atoms with Crippen LogP contribution in [0.4, 0.5) is 0 Å². The highest BCUT2D eigenvalue weighted by Gasteiger charge is 2.32. The molecule has 1 amide bonds. The number of amides is 1. The third-order valence-corrected chi connectivity index (χ3v) is 3.05. The Hall–Kier alpha value is -1.86. The zero-order chi connectivity index (χ0) is 13.0. The normalized spacial score (nSPS) is 14.0. The predicted octanol–water partition coefficient (Wildman–Crippen LogP) is 1.81. The molecule has 0 atom stereocenters. The van der Waals surface area contributed by atoms with Gasteiger partial charge in [-0.2, -0.15) is 5.26 Å². The Kier molecular flexibility index (Phi) is 3.96. The van der Waals surface area contributed by atoms with Gasteiger partial charge in [-0.05, 0) is 37.1 Å². The fraction of sp³-hybridized carbons (Fsp3) is 0.429. The van der Waals surface area contributed by atoms with Gasteiger partial charge in [-0.1, -0.05) is 0 Å². The van der Waals surface area contributed by atoms with Gasteiger partial charge >= 0.3 is 0 Å². The Labute approximate surface area is 107 Å². The molecule has 1 aliphatic rings. The van der Waals surface area contributed by atoms with Crippen molar-refractivity contribution < 1.29 is 9.53 Å². The number of nitrogens with zero attached hydrogens (tertiary/aromatic N) is 2. The predicted molar refractivity (Wildman–Crippen MR) is 67.1 cm³/mol. The molecule has 18 heavy (non-hydrogen) atoms. The first-order valence-corrected chi connectivity index (χ1v) is 6.06. The summed E-state index contributed by atoms with van der Waals surface area (Å²) in [6.45, 7) is 1.18. The molecule has 0 heterocycles. The fourth-order valence-electron chi connectivity index (χ4n) is 1.88. The molecule has 0 bridgehead atoms. The van der Waals surface area contributed by atoms with Gasteiger partial charge in [0.25, 0.3) is 5.91 Å². The van der Waals surface area contributed by atoms with Crippen LogP contribution in [0.1, 0.15) is 28.8 Å². The molecule has 2 rings (SSSR count). The summed E-state index contributed by atoms with van der Waals surface area (Å²) in [5, 5.41) is 8.73. The van der Waals surface area contributed by atoms with E-state index in [1.165, 1.54) is 0 Å². The monoisotopic (exact) mass is 244 g/mol. The van der Waals surface area contributed by atoms with Gasteiger partial charge in [-0.25, -0.2) is 0 Å². The summed E-state index contributed by atoms with van der Waals surface area (Å²) in [7, 11) is 1.64. The van der Waals surface area contributed by atoms with Crippen molar-refractivity contribution in [2.75, 3.05) is 20.3 Å². The number of benzene rings is 1. The number of hydrogen-bond donors (Lipinski definition) is 0. The lowest BCUT2D eigenvalue weighted by atomic mass is 10.1. The van der Waals surface area contributed by atoms with Crippen LogP contribution in [0.5, 0.6) is 0 Å². The zero-order valence-corrected chi connectivity index (χ0v) is 10.4. The summed E-state index contributed by atoms with van der Waals surface area (Å²) >= 11 is 0. The zero-order valence-electron chi connectivity index (χ0n) is 10.4. The van der Waals surface area contributed by atoms with Gasteiger partial charge < -0.3 is 9.64 Å². The molecule has 4 heteroatoms. The molecular weight excluding hydrogens is 228 g/mol. The highest BCUT2D eigenvalue weighted by molar-refractivity contribution is 5.94. The molecular formula is C14H16N2O2. The second kappa shape index (κ2) is 5.65. The molecule has 1 aromatic rings. The molecule has 0 spiro atoms. The Balaban J connectivity index is 2.09. The maximum Gasteiger partial charge on any atom is 0.254 e. The van der Waals surface area contributed by atoms with Gasteiger partial charge in [0.1, 0.15) is 0 Å². The summed E-state index contributed by atoms with van der Waals surface area (Å²) in [6, 6.07) is 9.18. The quantitative estimate of drug-likeness (QED) is 0.793. The van der Waals surface area contributed by atoms with E-state index in [1.54, 1.807) is 31.4 Å². The smallest absolute Gasteiger partial charge is 0.254 e. The van der Waals surface area contributed by atoms with Crippen LogP contribution in [0.15, 0.2) is 24.3 Å². The van der Waals surface area contributed by atoms with Crippen LogP contribution in [0, 0.1) is 11.3 Å². The van der Waals surface area contributed by atoms with E-state index in [2.05, 4.69) is 0 Å². The number of rotatable bonds is 5. The second-order valence-corrected chi connectivity index (χ2v) is 4.41. The third kappa shape index (κ3) is 2.88. The topological polar surface area (TPSA) is 53.3 Å². The van der Waals surface area contributed by atoms with Crippen LogP contribution in [0.3, 0.4) is 0 Å². The summed E-state index contributed by atoms with van der Waals surface area (Å²) in [6.07, 6.45) is 2.15. The van der Waals surface area contributed by atoms with E-state index in [1.807, 2.05) is 11.0 Å². The first-order valence-electron chi connectivity index (χ1n) is 6.06. The van der Waals surface area contributed by atoms with E-state index >= 15 is 0 Å². The molecule has 0 aliphatic heterocycles. The van der Waals surface area contributed by atoms with Crippen molar-refractivity contribution in [3.05, 3.63) is 35.4 Å². The van der Waals surface area contributed by atoms with Gasteiger partial charge in [0.05, 0.1) is 18.2 Å². The van der Waals surface area contributed by atoms with Crippen LogP contribution < -0.4 is 0 Å². The molecule has 0 N–H and O–H groups in total. The highest BCUT2D eigenvalue weighted by Crippen LogP contribution is 2.28. The highest BCUT2D eigenvalue weighted by atomic mass is 16.5. The Bertz CT molecular complexity index is 458. The Morgan fingerprint density at radius 2 is 2.11 bits per heavy atom. The lowest BCUT2D eigenvalue weighted by Crippen LogP contribution is -2.35. The van der Waals surface area contributed by atoms with E-state index in [4.69, 9.17) is 10.00 Å². The van der Waals surface area contributed by atoms with Gasteiger partial charge in [0.2, 0.25) is 0 Å². The van der Waals surface area contributed by atoms with E-state index in [-0.39, 0.29) is 5.91 Å². The van der Waals surface area contributed by atoms with Gasteiger partial charge in [0.15, 0.2) is 0 Å². The van der Waals surface area contributed by atoms with Crippen molar-refractivity contribution in [1.82, 2.24) is 4.90 Å². The number of methoxy groups -OCH3 is 1. The van der Waals surface area contributed by atoms with Crippen molar-refractivity contribution in [2.45, 2.75) is 18.9 Å². The molecule has 4 nitrogen and oxygen atoms in total.